The van der Waals surface area contributed by atoms with Crippen molar-refractivity contribution in [2.45, 2.75) is 31.9 Å². The second-order valence-electron chi connectivity index (χ2n) is 2.87. The Morgan fingerprint density at radius 3 is 2.91 bits per heavy atom. The van der Waals surface area contributed by atoms with Gasteiger partial charge in [0, 0.05) is 20.1 Å². The molecule has 1 aliphatic rings. The van der Waals surface area contributed by atoms with Crippen molar-refractivity contribution in [1.29, 1.82) is 0 Å². The number of hydrogen-bond acceptors (Lipinski definition) is 3. The second kappa shape index (κ2) is 3.83. The average Bonchev–Trinajstić information content (AvgIpc) is 2.50. The molecule has 2 atom stereocenters. The Morgan fingerprint density at radius 1 is 1.73 bits per heavy atom. The number of hydrogen-bond donors (Lipinski definition) is 1. The Balaban J connectivity index is 2.35. The number of ether oxygens (including phenoxy) is 1. The number of nitrogens with one attached hydrogen (secondary N) is 1. The van der Waals surface area contributed by atoms with E-state index in [0.717, 1.165) is 13.0 Å². The second-order valence-corrected chi connectivity index (χ2v) is 2.87. The topological polar surface area (TPSA) is 38.3 Å². The monoisotopic (exact) mass is 157 g/mol. The summed E-state index contributed by atoms with van der Waals surface area (Å²) in [6.45, 7) is 2.71. The number of rotatable bonds is 3. The molecule has 3 nitrogen and oxygen atoms in total. The zero-order chi connectivity index (χ0) is 8.27. The number of methoxy groups -OCH3 is 1. The van der Waals surface area contributed by atoms with E-state index in [2.05, 4.69) is 5.32 Å². The molecular weight excluding hydrogens is 142 g/mol. The molecule has 1 heterocycles. The first-order valence-electron chi connectivity index (χ1n) is 4.06. The van der Waals surface area contributed by atoms with Crippen molar-refractivity contribution in [3.8, 4) is 0 Å². The van der Waals surface area contributed by atoms with Crippen LogP contribution in [-0.2, 0) is 9.53 Å². The summed E-state index contributed by atoms with van der Waals surface area (Å²) in [5, 5.41) is 3.13. The van der Waals surface area contributed by atoms with Crippen molar-refractivity contribution in [3.05, 3.63) is 0 Å². The molecule has 0 aromatic rings. The molecule has 1 unspecified atom stereocenters. The van der Waals surface area contributed by atoms with E-state index in [1.54, 1.807) is 7.11 Å². The van der Waals surface area contributed by atoms with E-state index < -0.39 is 0 Å². The van der Waals surface area contributed by atoms with Crippen LogP contribution in [-0.4, -0.2) is 31.6 Å². The van der Waals surface area contributed by atoms with E-state index in [4.69, 9.17) is 4.74 Å². The van der Waals surface area contributed by atoms with E-state index in [0.29, 0.717) is 12.2 Å². The lowest BCUT2D eigenvalue weighted by Crippen LogP contribution is -2.29. The fourth-order valence-corrected chi connectivity index (χ4v) is 1.37. The molecule has 11 heavy (non-hydrogen) atoms. The maximum absolute atomic E-state index is 11.2. The van der Waals surface area contributed by atoms with Crippen LogP contribution in [0.5, 0.6) is 0 Å². The molecule has 1 N–H and O–H groups in total. The molecular formula is C8H15NO2. The highest BCUT2D eigenvalue weighted by atomic mass is 16.5. The van der Waals surface area contributed by atoms with Crippen LogP contribution in [0.1, 0.15) is 19.8 Å². The fourth-order valence-electron chi connectivity index (χ4n) is 1.37. The quantitative estimate of drug-likeness (QED) is 0.642. The summed E-state index contributed by atoms with van der Waals surface area (Å²) in [6.07, 6.45) is 1.69. The summed E-state index contributed by atoms with van der Waals surface area (Å²) < 4.78 is 5.12. The van der Waals surface area contributed by atoms with Gasteiger partial charge >= 0.3 is 0 Å². The van der Waals surface area contributed by atoms with E-state index in [1.165, 1.54) is 0 Å². The molecule has 1 fully saturated rings. The highest BCUT2D eigenvalue weighted by Gasteiger charge is 2.27. The third kappa shape index (κ3) is 2.01. The van der Waals surface area contributed by atoms with Crippen LogP contribution in [0.15, 0.2) is 0 Å². The molecule has 1 aliphatic heterocycles. The summed E-state index contributed by atoms with van der Waals surface area (Å²) in [6, 6.07) is 0.0462. The van der Waals surface area contributed by atoms with Gasteiger partial charge in [0.15, 0.2) is 0 Å². The number of ketones is 1. The Kier molecular flexibility index (Phi) is 3.02. The van der Waals surface area contributed by atoms with Crippen molar-refractivity contribution < 1.29 is 9.53 Å². The number of carbonyl (C=O) groups excluding carboxylic acids is 1. The van der Waals surface area contributed by atoms with Gasteiger partial charge in [-0.3, -0.25) is 4.79 Å². The first-order valence-corrected chi connectivity index (χ1v) is 4.06. The maximum Gasteiger partial charge on any atom is 0.149 e. The molecule has 0 spiro atoms. The van der Waals surface area contributed by atoms with E-state index >= 15 is 0 Å². The molecule has 0 radical (unpaired) electrons. The van der Waals surface area contributed by atoms with E-state index in [9.17, 15) is 4.79 Å². The Morgan fingerprint density at radius 2 is 2.45 bits per heavy atom. The third-order valence-corrected chi connectivity index (χ3v) is 2.16. The minimum Gasteiger partial charge on any atom is -0.380 e. The predicted molar refractivity (Wildman–Crippen MR) is 42.5 cm³/mol. The van der Waals surface area contributed by atoms with Crippen LogP contribution in [0, 0.1) is 0 Å². The summed E-state index contributed by atoms with van der Waals surface area (Å²) in [7, 11) is 1.69. The molecule has 64 valence electrons. The summed E-state index contributed by atoms with van der Waals surface area (Å²) in [5.74, 6) is 0.296. The molecule has 1 rings (SSSR count). The SMILES string of the molecule is CCC(=O)C1C[C@H](OC)CN1. The average molecular weight is 157 g/mol. The minimum absolute atomic E-state index is 0.0462. The molecule has 0 saturated carbocycles. The van der Waals surface area contributed by atoms with Crippen LogP contribution in [0.25, 0.3) is 0 Å². The highest BCUT2D eigenvalue weighted by Crippen LogP contribution is 2.10. The van der Waals surface area contributed by atoms with Gasteiger partial charge in [-0.2, -0.15) is 0 Å². The van der Waals surface area contributed by atoms with Gasteiger partial charge in [-0.15, -0.1) is 0 Å². The Labute approximate surface area is 67.1 Å². The van der Waals surface area contributed by atoms with Crippen LogP contribution >= 0.6 is 0 Å². The fraction of sp³-hybridized carbons (Fsp3) is 0.875. The molecule has 1 saturated heterocycles. The van der Waals surface area contributed by atoms with Gasteiger partial charge in [-0.25, -0.2) is 0 Å². The van der Waals surface area contributed by atoms with Crippen molar-refractivity contribution in [3.63, 3.8) is 0 Å². The lowest BCUT2D eigenvalue weighted by molar-refractivity contribution is -0.120. The van der Waals surface area contributed by atoms with Gasteiger partial charge in [0.25, 0.3) is 0 Å². The molecule has 0 bridgehead atoms. The van der Waals surface area contributed by atoms with Crippen LogP contribution in [0.3, 0.4) is 0 Å². The molecule has 3 heteroatoms. The predicted octanol–water partition coefficient (Wildman–Crippen LogP) is 0.342. The lowest BCUT2D eigenvalue weighted by Gasteiger charge is -2.06. The number of Topliss-reactive ketones (excluding diaryl/α,β-unsaturated/α-hetero) is 1. The molecule has 0 amide bonds. The summed E-state index contributed by atoms with van der Waals surface area (Å²) in [5.41, 5.74) is 0. The van der Waals surface area contributed by atoms with Gasteiger partial charge in [0.2, 0.25) is 0 Å². The van der Waals surface area contributed by atoms with Crippen molar-refractivity contribution in [1.82, 2.24) is 5.32 Å². The van der Waals surface area contributed by atoms with Crippen molar-refractivity contribution >= 4 is 5.78 Å². The van der Waals surface area contributed by atoms with Gasteiger partial charge in [0.1, 0.15) is 5.78 Å². The van der Waals surface area contributed by atoms with Gasteiger partial charge < -0.3 is 10.1 Å². The number of carbonyl (C=O) groups is 1. The first-order chi connectivity index (χ1) is 5.27. The third-order valence-electron chi connectivity index (χ3n) is 2.16. The zero-order valence-corrected chi connectivity index (χ0v) is 7.09. The van der Waals surface area contributed by atoms with E-state index in [1.807, 2.05) is 6.92 Å². The Hall–Kier alpha value is -0.410. The standard InChI is InChI=1S/C8H15NO2/c1-3-8(10)7-4-6(11-2)5-9-7/h6-7,9H,3-5H2,1-2H3/t6-,7?/m0/s1. The first kappa shape index (κ1) is 8.68. The molecule has 0 aliphatic carbocycles. The van der Waals surface area contributed by atoms with Crippen LogP contribution < -0.4 is 5.32 Å². The molecule has 0 aromatic heterocycles. The van der Waals surface area contributed by atoms with Gasteiger partial charge in [0.05, 0.1) is 12.1 Å². The largest absolute Gasteiger partial charge is 0.380 e. The summed E-state index contributed by atoms with van der Waals surface area (Å²) in [4.78, 5) is 11.2. The van der Waals surface area contributed by atoms with Crippen LogP contribution in [0.4, 0.5) is 0 Å². The molecule has 0 aromatic carbocycles. The normalized spacial score (nSPS) is 30.7. The lowest BCUT2D eigenvalue weighted by atomic mass is 10.1. The Bertz CT molecular complexity index is 147. The minimum atomic E-state index is 0.0462. The van der Waals surface area contributed by atoms with Gasteiger partial charge in [-0.05, 0) is 6.42 Å². The highest BCUT2D eigenvalue weighted by molar-refractivity contribution is 5.84. The van der Waals surface area contributed by atoms with Gasteiger partial charge in [-0.1, -0.05) is 6.92 Å². The summed E-state index contributed by atoms with van der Waals surface area (Å²) >= 11 is 0. The maximum atomic E-state index is 11.2. The smallest absolute Gasteiger partial charge is 0.149 e. The zero-order valence-electron chi connectivity index (χ0n) is 7.09. The van der Waals surface area contributed by atoms with Crippen molar-refractivity contribution in [2.75, 3.05) is 13.7 Å². The van der Waals surface area contributed by atoms with E-state index in [-0.39, 0.29) is 12.1 Å². The van der Waals surface area contributed by atoms with Crippen molar-refractivity contribution in [2.24, 2.45) is 0 Å². The van der Waals surface area contributed by atoms with Crippen LogP contribution in [0.2, 0.25) is 0 Å².